The fourth-order valence-corrected chi connectivity index (χ4v) is 2.16. The average Bonchev–Trinajstić information content (AvgIpc) is 2.92. The van der Waals surface area contributed by atoms with Gasteiger partial charge in [-0.05, 0) is 38.1 Å². The fraction of sp³-hybridized carbons (Fsp3) is 0.538. The molecule has 5 nitrogen and oxygen atoms in total. The van der Waals surface area contributed by atoms with Gasteiger partial charge < -0.3 is 15.0 Å². The van der Waals surface area contributed by atoms with Gasteiger partial charge in [-0.2, -0.15) is 0 Å². The van der Waals surface area contributed by atoms with Crippen molar-refractivity contribution in [2.75, 3.05) is 38.6 Å². The van der Waals surface area contributed by atoms with Crippen molar-refractivity contribution in [3.8, 4) is 0 Å². The van der Waals surface area contributed by atoms with Crippen LogP contribution in [0.4, 0.5) is 5.82 Å². The molecule has 1 fully saturated rings. The number of nitrogens with zero attached hydrogens (tertiary/aromatic N) is 2. The van der Waals surface area contributed by atoms with Crippen LogP contribution in [0.25, 0.3) is 0 Å². The van der Waals surface area contributed by atoms with E-state index in [1.54, 1.807) is 18.3 Å². The summed E-state index contributed by atoms with van der Waals surface area (Å²) in [5.41, 5.74) is 0.487. The number of hydrogen-bond donors (Lipinski definition) is 1. The Morgan fingerprint density at radius 2 is 2.28 bits per heavy atom. The zero-order chi connectivity index (χ0) is 12.8. The molecule has 5 heteroatoms. The van der Waals surface area contributed by atoms with Crippen LogP contribution < -0.4 is 5.32 Å². The average molecular weight is 249 g/mol. The Morgan fingerprint density at radius 3 is 3.00 bits per heavy atom. The number of anilines is 1. The summed E-state index contributed by atoms with van der Waals surface area (Å²) in [7, 11) is 1.38. The van der Waals surface area contributed by atoms with Crippen molar-refractivity contribution in [2.24, 2.45) is 0 Å². The van der Waals surface area contributed by atoms with Gasteiger partial charge in [0.1, 0.15) is 11.4 Å². The summed E-state index contributed by atoms with van der Waals surface area (Å²) in [5, 5.41) is 3.20. The predicted molar refractivity (Wildman–Crippen MR) is 69.7 cm³/mol. The molecule has 0 saturated carbocycles. The van der Waals surface area contributed by atoms with Gasteiger partial charge in [0.25, 0.3) is 0 Å². The van der Waals surface area contributed by atoms with E-state index in [1.165, 1.54) is 33.0 Å². The summed E-state index contributed by atoms with van der Waals surface area (Å²) in [6.45, 7) is 4.12. The van der Waals surface area contributed by atoms with E-state index in [9.17, 15) is 4.79 Å². The lowest BCUT2D eigenvalue weighted by molar-refractivity contribution is 0.0601. The van der Waals surface area contributed by atoms with E-state index in [0.717, 1.165) is 13.1 Å². The first-order chi connectivity index (χ1) is 8.81. The van der Waals surface area contributed by atoms with Crippen LogP contribution in [0.3, 0.4) is 0 Å². The van der Waals surface area contributed by atoms with Crippen LogP contribution in [0.5, 0.6) is 0 Å². The van der Waals surface area contributed by atoms with Crippen LogP contribution in [0, 0.1) is 0 Å². The SMILES string of the molecule is COC(=O)c1cccnc1NCCN1CCCC1. The topological polar surface area (TPSA) is 54.5 Å². The minimum atomic E-state index is -0.355. The molecule has 1 aliphatic rings. The van der Waals surface area contributed by atoms with Gasteiger partial charge in [0.2, 0.25) is 0 Å². The predicted octanol–water partition coefficient (Wildman–Crippen LogP) is 1.38. The standard InChI is InChI=1S/C13H19N3O2/c1-18-13(17)11-5-4-6-14-12(11)15-7-10-16-8-2-3-9-16/h4-6H,2-3,7-10H2,1H3,(H,14,15). The largest absolute Gasteiger partial charge is 0.465 e. The number of hydrogen-bond acceptors (Lipinski definition) is 5. The van der Waals surface area contributed by atoms with Crippen LogP contribution >= 0.6 is 0 Å². The van der Waals surface area contributed by atoms with E-state index in [1.807, 2.05) is 0 Å². The number of esters is 1. The van der Waals surface area contributed by atoms with E-state index in [0.29, 0.717) is 11.4 Å². The lowest BCUT2D eigenvalue weighted by atomic mass is 10.2. The smallest absolute Gasteiger partial charge is 0.341 e. The molecule has 1 N–H and O–H groups in total. The molecular weight excluding hydrogens is 230 g/mol. The number of likely N-dealkylation sites (tertiary alicyclic amines) is 1. The third-order valence-corrected chi connectivity index (χ3v) is 3.13. The van der Waals surface area contributed by atoms with Crippen LogP contribution in [0.2, 0.25) is 0 Å². The molecule has 0 amide bonds. The number of pyridine rings is 1. The quantitative estimate of drug-likeness (QED) is 0.799. The number of nitrogens with one attached hydrogen (secondary N) is 1. The van der Waals surface area contributed by atoms with E-state index < -0.39 is 0 Å². The van der Waals surface area contributed by atoms with Crippen molar-refractivity contribution in [3.63, 3.8) is 0 Å². The van der Waals surface area contributed by atoms with E-state index >= 15 is 0 Å². The number of aromatic nitrogens is 1. The van der Waals surface area contributed by atoms with Crippen molar-refractivity contribution in [2.45, 2.75) is 12.8 Å². The Balaban J connectivity index is 1.89. The van der Waals surface area contributed by atoms with Gasteiger partial charge in [-0.25, -0.2) is 9.78 Å². The zero-order valence-electron chi connectivity index (χ0n) is 10.7. The lowest BCUT2D eigenvalue weighted by Crippen LogP contribution is -2.26. The molecule has 0 aromatic carbocycles. The van der Waals surface area contributed by atoms with Crippen molar-refractivity contribution in [1.29, 1.82) is 0 Å². The van der Waals surface area contributed by atoms with Crippen LogP contribution in [0.1, 0.15) is 23.2 Å². The lowest BCUT2D eigenvalue weighted by Gasteiger charge is -2.15. The molecule has 2 rings (SSSR count). The molecule has 2 heterocycles. The minimum Gasteiger partial charge on any atom is -0.465 e. The second kappa shape index (κ2) is 6.35. The summed E-state index contributed by atoms with van der Waals surface area (Å²) >= 11 is 0. The number of carbonyl (C=O) groups excluding carboxylic acids is 1. The molecule has 18 heavy (non-hydrogen) atoms. The maximum Gasteiger partial charge on any atom is 0.341 e. The van der Waals surface area contributed by atoms with Crippen molar-refractivity contribution in [1.82, 2.24) is 9.88 Å². The molecule has 1 saturated heterocycles. The summed E-state index contributed by atoms with van der Waals surface area (Å²) in [5.74, 6) is 0.246. The maximum atomic E-state index is 11.5. The van der Waals surface area contributed by atoms with Crippen LogP contribution in [0.15, 0.2) is 18.3 Å². The van der Waals surface area contributed by atoms with E-state index in [4.69, 9.17) is 4.74 Å². The minimum absolute atomic E-state index is 0.355. The van der Waals surface area contributed by atoms with Crippen LogP contribution in [-0.2, 0) is 4.74 Å². The summed E-state index contributed by atoms with van der Waals surface area (Å²) in [4.78, 5) is 18.1. The normalized spacial score (nSPS) is 15.6. The maximum absolute atomic E-state index is 11.5. The Labute approximate surface area is 107 Å². The van der Waals surface area contributed by atoms with Crippen molar-refractivity contribution >= 4 is 11.8 Å². The molecule has 0 aliphatic carbocycles. The third kappa shape index (κ3) is 3.20. The van der Waals surface area contributed by atoms with E-state index in [2.05, 4.69) is 15.2 Å². The summed E-state index contributed by atoms with van der Waals surface area (Å²) in [6.07, 6.45) is 4.25. The molecule has 0 spiro atoms. The monoisotopic (exact) mass is 249 g/mol. The third-order valence-electron chi connectivity index (χ3n) is 3.13. The number of ether oxygens (including phenoxy) is 1. The number of rotatable bonds is 5. The van der Waals surface area contributed by atoms with Gasteiger partial charge in [-0.1, -0.05) is 0 Å². The highest BCUT2D eigenvalue weighted by Gasteiger charge is 2.13. The molecule has 0 atom stereocenters. The molecular formula is C13H19N3O2. The number of methoxy groups -OCH3 is 1. The first-order valence-corrected chi connectivity index (χ1v) is 6.31. The molecule has 98 valence electrons. The summed E-state index contributed by atoms with van der Waals surface area (Å²) < 4.78 is 4.73. The highest BCUT2D eigenvalue weighted by Crippen LogP contribution is 2.12. The molecule has 1 aliphatic heterocycles. The van der Waals surface area contributed by atoms with Gasteiger partial charge in [-0.3, -0.25) is 0 Å². The van der Waals surface area contributed by atoms with Gasteiger partial charge in [-0.15, -0.1) is 0 Å². The van der Waals surface area contributed by atoms with E-state index in [-0.39, 0.29) is 5.97 Å². The molecule has 0 unspecified atom stereocenters. The highest BCUT2D eigenvalue weighted by molar-refractivity contribution is 5.94. The second-order valence-corrected chi connectivity index (χ2v) is 4.37. The second-order valence-electron chi connectivity index (χ2n) is 4.37. The van der Waals surface area contributed by atoms with Crippen molar-refractivity contribution < 1.29 is 9.53 Å². The fourth-order valence-electron chi connectivity index (χ4n) is 2.16. The molecule has 0 bridgehead atoms. The number of carbonyl (C=O) groups is 1. The first kappa shape index (κ1) is 12.8. The summed E-state index contributed by atoms with van der Waals surface area (Å²) in [6, 6.07) is 3.45. The first-order valence-electron chi connectivity index (χ1n) is 6.31. The molecule has 1 aromatic heterocycles. The van der Waals surface area contributed by atoms with Crippen LogP contribution in [-0.4, -0.2) is 49.1 Å². The van der Waals surface area contributed by atoms with Gasteiger partial charge in [0, 0.05) is 19.3 Å². The highest BCUT2D eigenvalue weighted by atomic mass is 16.5. The van der Waals surface area contributed by atoms with Gasteiger partial charge in [0.15, 0.2) is 0 Å². The Kier molecular flexibility index (Phi) is 4.52. The molecule has 0 radical (unpaired) electrons. The van der Waals surface area contributed by atoms with Crippen molar-refractivity contribution in [3.05, 3.63) is 23.9 Å². The Bertz CT molecular complexity index is 403. The molecule has 1 aromatic rings. The van der Waals surface area contributed by atoms with Gasteiger partial charge in [0.05, 0.1) is 7.11 Å². The Morgan fingerprint density at radius 1 is 1.50 bits per heavy atom. The zero-order valence-corrected chi connectivity index (χ0v) is 10.7. The Hall–Kier alpha value is -1.62. The van der Waals surface area contributed by atoms with Gasteiger partial charge >= 0.3 is 5.97 Å².